The van der Waals surface area contributed by atoms with Crippen LogP contribution in [0.25, 0.3) is 5.69 Å². The van der Waals surface area contributed by atoms with E-state index in [0.717, 1.165) is 6.20 Å². The third-order valence-corrected chi connectivity index (χ3v) is 2.48. The lowest BCUT2D eigenvalue weighted by Gasteiger charge is -2.07. The quantitative estimate of drug-likeness (QED) is 0.860. The predicted octanol–water partition coefficient (Wildman–Crippen LogP) is 1.28. The fourth-order valence-corrected chi connectivity index (χ4v) is 1.63. The molecule has 0 saturated carbocycles. The Morgan fingerprint density at radius 2 is 1.89 bits per heavy atom. The van der Waals surface area contributed by atoms with Crippen LogP contribution in [0.1, 0.15) is 20.8 Å². The second-order valence-electron chi connectivity index (χ2n) is 3.62. The Labute approximate surface area is 107 Å². The molecule has 7 heteroatoms. The van der Waals surface area contributed by atoms with Crippen LogP contribution in [0.2, 0.25) is 0 Å². The molecule has 0 bridgehead atoms. The van der Waals surface area contributed by atoms with E-state index in [-0.39, 0.29) is 5.56 Å². The van der Waals surface area contributed by atoms with Gasteiger partial charge in [0, 0.05) is 6.20 Å². The molecule has 19 heavy (non-hydrogen) atoms. The highest BCUT2D eigenvalue weighted by Crippen LogP contribution is 2.22. The Morgan fingerprint density at radius 3 is 2.42 bits per heavy atom. The van der Waals surface area contributed by atoms with Gasteiger partial charge in [0.25, 0.3) is 0 Å². The van der Waals surface area contributed by atoms with E-state index in [9.17, 15) is 9.59 Å². The van der Waals surface area contributed by atoms with E-state index >= 15 is 0 Å². The summed E-state index contributed by atoms with van der Waals surface area (Å²) in [4.78, 5) is 21.9. The number of para-hydroxylation sites is 2. The smallest absolute Gasteiger partial charge is 0.357 e. The van der Waals surface area contributed by atoms with E-state index in [0.29, 0.717) is 11.4 Å². The van der Waals surface area contributed by atoms with Crippen LogP contribution in [0.15, 0.2) is 30.5 Å². The van der Waals surface area contributed by atoms with Gasteiger partial charge in [-0.05, 0) is 12.1 Å². The number of carboxylic acid groups (broad SMARTS) is 2. The molecule has 7 nitrogen and oxygen atoms in total. The van der Waals surface area contributed by atoms with Crippen LogP contribution in [0, 0.1) is 0 Å². The van der Waals surface area contributed by atoms with Crippen molar-refractivity contribution >= 4 is 11.9 Å². The van der Waals surface area contributed by atoms with Gasteiger partial charge in [-0.2, -0.15) is 5.10 Å². The van der Waals surface area contributed by atoms with Crippen LogP contribution in [0.3, 0.4) is 0 Å². The number of rotatable bonds is 4. The van der Waals surface area contributed by atoms with Gasteiger partial charge < -0.3 is 14.9 Å². The van der Waals surface area contributed by atoms with Crippen molar-refractivity contribution in [2.24, 2.45) is 0 Å². The van der Waals surface area contributed by atoms with E-state index in [4.69, 9.17) is 14.9 Å². The number of benzene rings is 1. The first-order valence-electron chi connectivity index (χ1n) is 5.24. The van der Waals surface area contributed by atoms with Gasteiger partial charge in [-0.1, -0.05) is 12.1 Å². The van der Waals surface area contributed by atoms with Gasteiger partial charge in [0.2, 0.25) is 0 Å². The number of carbonyl (C=O) groups is 2. The molecule has 0 unspecified atom stereocenters. The Bertz CT molecular complexity index is 616. The van der Waals surface area contributed by atoms with Crippen molar-refractivity contribution in [3.63, 3.8) is 0 Å². The third-order valence-electron chi connectivity index (χ3n) is 2.48. The average Bonchev–Trinajstić information content (AvgIpc) is 2.84. The van der Waals surface area contributed by atoms with Crippen LogP contribution in [0.4, 0.5) is 0 Å². The molecule has 2 rings (SSSR count). The average molecular weight is 262 g/mol. The number of carboxylic acids is 2. The zero-order chi connectivity index (χ0) is 14.0. The summed E-state index contributed by atoms with van der Waals surface area (Å²) in [5.41, 5.74) is -0.434. The highest BCUT2D eigenvalue weighted by Gasteiger charge is 2.22. The van der Waals surface area contributed by atoms with Crippen LogP contribution in [-0.4, -0.2) is 39.0 Å². The number of ether oxygens (including phenoxy) is 1. The van der Waals surface area contributed by atoms with Crippen LogP contribution in [0.5, 0.6) is 5.75 Å². The minimum Gasteiger partial charge on any atom is -0.494 e. The second kappa shape index (κ2) is 4.81. The highest BCUT2D eigenvalue weighted by molar-refractivity contribution is 6.00. The first-order valence-corrected chi connectivity index (χ1v) is 5.24. The molecule has 0 radical (unpaired) electrons. The van der Waals surface area contributed by atoms with Crippen LogP contribution < -0.4 is 4.74 Å². The summed E-state index contributed by atoms with van der Waals surface area (Å²) in [7, 11) is 1.46. The van der Waals surface area contributed by atoms with E-state index in [1.807, 2.05) is 0 Å². The van der Waals surface area contributed by atoms with Crippen molar-refractivity contribution in [3.8, 4) is 11.4 Å². The van der Waals surface area contributed by atoms with E-state index in [2.05, 4.69) is 5.10 Å². The molecule has 0 aliphatic carbocycles. The summed E-state index contributed by atoms with van der Waals surface area (Å²) in [6.07, 6.45) is 1.14. The topological polar surface area (TPSA) is 102 Å². The molecule has 1 aromatic carbocycles. The molecule has 1 heterocycles. The number of methoxy groups -OCH3 is 1. The van der Waals surface area contributed by atoms with Crippen LogP contribution in [-0.2, 0) is 0 Å². The lowest BCUT2D eigenvalue weighted by Crippen LogP contribution is -2.06. The summed E-state index contributed by atoms with van der Waals surface area (Å²) in [6, 6.07) is 6.75. The van der Waals surface area contributed by atoms with E-state index in [1.165, 1.54) is 11.8 Å². The maximum Gasteiger partial charge on any atom is 0.357 e. The predicted molar refractivity (Wildman–Crippen MR) is 64.0 cm³/mol. The molecule has 0 aliphatic heterocycles. The molecular formula is C12H10N2O5. The van der Waals surface area contributed by atoms with Gasteiger partial charge in [0.1, 0.15) is 17.0 Å². The molecule has 2 aromatic rings. The fourth-order valence-electron chi connectivity index (χ4n) is 1.63. The molecular weight excluding hydrogens is 252 g/mol. The van der Waals surface area contributed by atoms with Crippen molar-refractivity contribution in [2.45, 2.75) is 0 Å². The highest BCUT2D eigenvalue weighted by atomic mass is 16.5. The number of nitrogens with zero attached hydrogens (tertiary/aromatic N) is 2. The van der Waals surface area contributed by atoms with Gasteiger partial charge in [-0.15, -0.1) is 0 Å². The maximum absolute atomic E-state index is 11.0. The number of hydrogen-bond acceptors (Lipinski definition) is 4. The standard InChI is InChI=1S/C12H10N2O5/c1-19-9-5-3-2-4-8(9)14-6-7(11(15)16)10(13-14)12(17)18/h2-6H,1H3,(H,15,16)(H,17,18). The molecule has 0 saturated heterocycles. The molecule has 0 amide bonds. The zero-order valence-electron chi connectivity index (χ0n) is 9.90. The number of aromatic nitrogens is 2. The van der Waals surface area contributed by atoms with Gasteiger partial charge in [0.15, 0.2) is 5.69 Å². The summed E-state index contributed by atoms with van der Waals surface area (Å²) >= 11 is 0. The summed E-state index contributed by atoms with van der Waals surface area (Å²) in [5, 5.41) is 21.7. The lowest BCUT2D eigenvalue weighted by atomic mass is 10.2. The third kappa shape index (κ3) is 2.25. The fraction of sp³-hybridized carbons (Fsp3) is 0.0833. The first-order chi connectivity index (χ1) is 9.04. The van der Waals surface area contributed by atoms with Gasteiger partial charge >= 0.3 is 11.9 Å². The van der Waals surface area contributed by atoms with Crippen molar-refractivity contribution in [3.05, 3.63) is 41.7 Å². The number of hydrogen-bond donors (Lipinski definition) is 2. The molecule has 1 aromatic heterocycles. The van der Waals surface area contributed by atoms with Crippen molar-refractivity contribution in [1.82, 2.24) is 9.78 Å². The van der Waals surface area contributed by atoms with Gasteiger partial charge in [-0.25, -0.2) is 14.3 Å². The normalized spacial score (nSPS) is 10.2. The molecule has 0 fully saturated rings. The van der Waals surface area contributed by atoms with E-state index in [1.54, 1.807) is 24.3 Å². The molecule has 0 spiro atoms. The summed E-state index contributed by atoms with van der Waals surface area (Å²) < 4.78 is 6.29. The monoisotopic (exact) mass is 262 g/mol. The largest absolute Gasteiger partial charge is 0.494 e. The van der Waals surface area contributed by atoms with Crippen molar-refractivity contribution in [2.75, 3.05) is 7.11 Å². The minimum atomic E-state index is -1.40. The maximum atomic E-state index is 11.0. The second-order valence-corrected chi connectivity index (χ2v) is 3.62. The molecule has 0 aliphatic rings. The van der Waals surface area contributed by atoms with Crippen LogP contribution >= 0.6 is 0 Å². The van der Waals surface area contributed by atoms with Gasteiger partial charge in [0.05, 0.1) is 7.11 Å². The first kappa shape index (κ1) is 12.6. The summed E-state index contributed by atoms with van der Waals surface area (Å²) in [6.45, 7) is 0. The SMILES string of the molecule is COc1ccccc1-n1cc(C(=O)O)c(C(=O)O)n1. The summed E-state index contributed by atoms with van der Waals surface area (Å²) in [5.74, 6) is -2.29. The minimum absolute atomic E-state index is 0.376. The van der Waals surface area contributed by atoms with Crippen molar-refractivity contribution < 1.29 is 24.5 Å². The lowest BCUT2D eigenvalue weighted by molar-refractivity contribution is 0.0648. The Hall–Kier alpha value is -2.83. The molecule has 0 atom stereocenters. The Balaban J connectivity index is 2.61. The van der Waals surface area contributed by atoms with Gasteiger partial charge in [-0.3, -0.25) is 0 Å². The Morgan fingerprint density at radius 1 is 1.21 bits per heavy atom. The molecule has 2 N–H and O–H groups in total. The van der Waals surface area contributed by atoms with Crippen molar-refractivity contribution in [1.29, 1.82) is 0 Å². The Kier molecular flexibility index (Phi) is 3.19. The zero-order valence-corrected chi connectivity index (χ0v) is 9.90. The number of aromatic carboxylic acids is 2. The van der Waals surface area contributed by atoms with E-state index < -0.39 is 17.6 Å². The molecule has 98 valence electrons.